The Bertz CT molecular complexity index is 462. The zero-order valence-corrected chi connectivity index (χ0v) is 11.1. The second-order valence-corrected chi connectivity index (χ2v) is 4.63. The Morgan fingerprint density at radius 1 is 1.22 bits per heavy atom. The first-order valence-electron chi connectivity index (χ1n) is 6.57. The lowest BCUT2D eigenvalue weighted by molar-refractivity contribution is 0.450. The van der Waals surface area contributed by atoms with Crippen LogP contribution in [0.2, 0.25) is 0 Å². The maximum atomic E-state index is 4.22. The lowest BCUT2D eigenvalue weighted by Gasteiger charge is -2.15. The molecule has 1 unspecified atom stereocenters. The van der Waals surface area contributed by atoms with Crippen molar-refractivity contribution in [3.8, 4) is 0 Å². The summed E-state index contributed by atoms with van der Waals surface area (Å²) in [5, 5.41) is 7.77. The van der Waals surface area contributed by atoms with E-state index in [9.17, 15) is 0 Å². The van der Waals surface area contributed by atoms with Crippen LogP contribution in [-0.4, -0.2) is 15.8 Å². The van der Waals surface area contributed by atoms with E-state index in [0.717, 1.165) is 19.5 Å². The monoisotopic (exact) mass is 243 g/mol. The van der Waals surface area contributed by atoms with Gasteiger partial charge in [-0.1, -0.05) is 31.2 Å². The van der Waals surface area contributed by atoms with Crippen molar-refractivity contribution in [2.75, 3.05) is 0 Å². The van der Waals surface area contributed by atoms with Crippen molar-refractivity contribution < 1.29 is 0 Å². The van der Waals surface area contributed by atoms with Gasteiger partial charge in [-0.2, -0.15) is 5.10 Å². The van der Waals surface area contributed by atoms with Crippen LogP contribution in [0.3, 0.4) is 0 Å². The van der Waals surface area contributed by atoms with Gasteiger partial charge < -0.3 is 5.32 Å². The molecule has 1 atom stereocenters. The van der Waals surface area contributed by atoms with Crippen LogP contribution in [0.15, 0.2) is 42.7 Å². The average molecular weight is 243 g/mol. The third-order valence-corrected chi connectivity index (χ3v) is 3.16. The lowest BCUT2D eigenvalue weighted by atomic mass is 10.1. The fourth-order valence-corrected chi connectivity index (χ4v) is 2.11. The topological polar surface area (TPSA) is 29.9 Å². The third-order valence-electron chi connectivity index (χ3n) is 3.16. The molecule has 0 amide bonds. The minimum Gasteiger partial charge on any atom is -0.308 e. The van der Waals surface area contributed by atoms with Crippen molar-refractivity contribution in [3.63, 3.8) is 0 Å². The number of rotatable bonds is 6. The first kappa shape index (κ1) is 12.8. The van der Waals surface area contributed by atoms with Gasteiger partial charge >= 0.3 is 0 Å². The molecule has 2 rings (SSSR count). The fraction of sp³-hybridized carbons (Fsp3) is 0.400. The van der Waals surface area contributed by atoms with Crippen molar-refractivity contribution in [1.29, 1.82) is 0 Å². The number of aryl methyl sites for hydroxylation is 1. The van der Waals surface area contributed by atoms with Crippen molar-refractivity contribution in [3.05, 3.63) is 53.9 Å². The fourth-order valence-electron chi connectivity index (χ4n) is 2.11. The predicted molar refractivity (Wildman–Crippen MR) is 74.3 cm³/mol. The van der Waals surface area contributed by atoms with E-state index in [1.54, 1.807) is 0 Å². The molecule has 0 bridgehead atoms. The van der Waals surface area contributed by atoms with E-state index in [2.05, 4.69) is 48.5 Å². The summed E-state index contributed by atoms with van der Waals surface area (Å²) >= 11 is 0. The van der Waals surface area contributed by atoms with E-state index in [0.29, 0.717) is 6.04 Å². The first-order chi connectivity index (χ1) is 8.79. The van der Waals surface area contributed by atoms with Gasteiger partial charge in [0.2, 0.25) is 0 Å². The quantitative estimate of drug-likeness (QED) is 0.845. The molecule has 0 saturated carbocycles. The molecule has 0 saturated heterocycles. The van der Waals surface area contributed by atoms with Gasteiger partial charge in [-0.25, -0.2) is 0 Å². The molecule has 18 heavy (non-hydrogen) atoms. The maximum Gasteiger partial charge on any atom is 0.0560 e. The van der Waals surface area contributed by atoms with Gasteiger partial charge in [0.15, 0.2) is 0 Å². The van der Waals surface area contributed by atoms with Gasteiger partial charge in [0.05, 0.1) is 6.54 Å². The zero-order valence-electron chi connectivity index (χ0n) is 11.1. The molecule has 0 spiro atoms. The van der Waals surface area contributed by atoms with Gasteiger partial charge in [-0.05, 0) is 30.5 Å². The van der Waals surface area contributed by atoms with Crippen molar-refractivity contribution in [1.82, 2.24) is 15.1 Å². The van der Waals surface area contributed by atoms with Gasteiger partial charge in [0.25, 0.3) is 0 Å². The molecule has 0 aliphatic rings. The zero-order chi connectivity index (χ0) is 12.8. The largest absolute Gasteiger partial charge is 0.308 e. The maximum absolute atomic E-state index is 4.22. The Kier molecular flexibility index (Phi) is 4.53. The lowest BCUT2D eigenvalue weighted by Crippen LogP contribution is -2.30. The minimum atomic E-state index is 0.412. The predicted octanol–water partition coefficient (Wildman–Crippen LogP) is 2.62. The summed E-state index contributed by atoms with van der Waals surface area (Å²) in [5.74, 6) is 0. The summed E-state index contributed by atoms with van der Waals surface area (Å²) in [6.07, 6.45) is 4.91. The molecule has 1 heterocycles. The molecule has 1 N–H and O–H groups in total. The van der Waals surface area contributed by atoms with Crippen LogP contribution < -0.4 is 5.32 Å². The number of hydrogen-bond donors (Lipinski definition) is 1. The van der Waals surface area contributed by atoms with E-state index in [1.165, 1.54) is 11.1 Å². The number of aromatic nitrogens is 2. The standard InChI is InChI=1S/C15H21N3/c1-3-14-7-4-5-8-15(14)11-16-13(2)12-18-10-6-9-17-18/h4-10,13,16H,3,11-12H2,1-2H3. The Morgan fingerprint density at radius 2 is 2.00 bits per heavy atom. The molecule has 1 aromatic carbocycles. The second-order valence-electron chi connectivity index (χ2n) is 4.63. The van der Waals surface area contributed by atoms with Crippen LogP contribution in [0.1, 0.15) is 25.0 Å². The van der Waals surface area contributed by atoms with Gasteiger partial charge in [-0.15, -0.1) is 0 Å². The number of nitrogens with one attached hydrogen (secondary N) is 1. The van der Waals surface area contributed by atoms with E-state index >= 15 is 0 Å². The molecule has 96 valence electrons. The molecule has 0 fully saturated rings. The highest BCUT2D eigenvalue weighted by Gasteiger charge is 2.04. The Hall–Kier alpha value is -1.61. The third kappa shape index (κ3) is 3.44. The summed E-state index contributed by atoms with van der Waals surface area (Å²) in [7, 11) is 0. The molecule has 0 aliphatic heterocycles. The van der Waals surface area contributed by atoms with E-state index in [1.807, 2.05) is 23.1 Å². The normalized spacial score (nSPS) is 12.6. The van der Waals surface area contributed by atoms with Crippen LogP contribution >= 0.6 is 0 Å². The molecular formula is C15H21N3. The van der Waals surface area contributed by atoms with Gasteiger partial charge in [0, 0.05) is 25.0 Å². The molecule has 0 radical (unpaired) electrons. The molecule has 3 nitrogen and oxygen atoms in total. The Labute approximate surface area is 109 Å². The molecule has 1 aromatic heterocycles. The highest BCUT2D eigenvalue weighted by molar-refractivity contribution is 5.26. The van der Waals surface area contributed by atoms with Crippen LogP contribution in [0.4, 0.5) is 0 Å². The Balaban J connectivity index is 1.87. The summed E-state index contributed by atoms with van der Waals surface area (Å²) < 4.78 is 1.96. The van der Waals surface area contributed by atoms with E-state index in [-0.39, 0.29) is 0 Å². The minimum absolute atomic E-state index is 0.412. The summed E-state index contributed by atoms with van der Waals surface area (Å²) in [4.78, 5) is 0. The van der Waals surface area contributed by atoms with Gasteiger partial charge in [-0.3, -0.25) is 4.68 Å². The second kappa shape index (κ2) is 6.36. The number of benzene rings is 1. The van der Waals surface area contributed by atoms with Crippen LogP contribution in [-0.2, 0) is 19.5 Å². The smallest absolute Gasteiger partial charge is 0.0560 e. The summed E-state index contributed by atoms with van der Waals surface area (Å²) in [5.41, 5.74) is 2.82. The molecule has 2 aromatic rings. The SMILES string of the molecule is CCc1ccccc1CNC(C)Cn1cccn1. The van der Waals surface area contributed by atoms with Crippen molar-refractivity contribution >= 4 is 0 Å². The highest BCUT2D eigenvalue weighted by Crippen LogP contribution is 2.09. The summed E-state index contributed by atoms with van der Waals surface area (Å²) in [6, 6.07) is 11.0. The van der Waals surface area contributed by atoms with Crippen molar-refractivity contribution in [2.24, 2.45) is 0 Å². The van der Waals surface area contributed by atoms with Crippen LogP contribution in [0.25, 0.3) is 0 Å². The molecular weight excluding hydrogens is 222 g/mol. The number of nitrogens with zero attached hydrogens (tertiary/aromatic N) is 2. The molecule has 0 aliphatic carbocycles. The van der Waals surface area contributed by atoms with Crippen LogP contribution in [0.5, 0.6) is 0 Å². The Morgan fingerprint density at radius 3 is 2.67 bits per heavy atom. The van der Waals surface area contributed by atoms with Gasteiger partial charge in [0.1, 0.15) is 0 Å². The van der Waals surface area contributed by atoms with E-state index in [4.69, 9.17) is 0 Å². The summed E-state index contributed by atoms with van der Waals surface area (Å²) in [6.45, 7) is 6.22. The first-order valence-corrected chi connectivity index (χ1v) is 6.57. The number of hydrogen-bond acceptors (Lipinski definition) is 2. The highest BCUT2D eigenvalue weighted by atomic mass is 15.3. The van der Waals surface area contributed by atoms with E-state index < -0.39 is 0 Å². The van der Waals surface area contributed by atoms with Crippen molar-refractivity contribution in [2.45, 2.75) is 39.4 Å². The van der Waals surface area contributed by atoms with Crippen LogP contribution in [0, 0.1) is 0 Å². The molecule has 3 heteroatoms. The average Bonchev–Trinajstić information content (AvgIpc) is 2.89.